The Balaban J connectivity index is 2.37. The lowest BCUT2D eigenvalue weighted by Crippen LogP contribution is -2.27. The van der Waals surface area contributed by atoms with Gasteiger partial charge in [-0.1, -0.05) is 15.9 Å². The number of ether oxygens (including phenoxy) is 3. The van der Waals surface area contributed by atoms with Gasteiger partial charge < -0.3 is 19.3 Å². The van der Waals surface area contributed by atoms with E-state index < -0.39 is 6.10 Å². The van der Waals surface area contributed by atoms with Gasteiger partial charge in [0.15, 0.2) is 6.29 Å². The first kappa shape index (κ1) is 17.1. The van der Waals surface area contributed by atoms with E-state index in [-0.39, 0.29) is 19.3 Å². The van der Waals surface area contributed by atoms with Crippen LogP contribution in [0, 0.1) is 0 Å². The molecule has 2 atom stereocenters. The molecule has 1 aromatic carbocycles. The molecule has 0 aromatic heterocycles. The highest BCUT2D eigenvalue weighted by atomic mass is 79.9. The minimum Gasteiger partial charge on any atom is -0.491 e. The van der Waals surface area contributed by atoms with Gasteiger partial charge >= 0.3 is 0 Å². The Morgan fingerprint density at radius 2 is 2.10 bits per heavy atom. The maximum absolute atomic E-state index is 10.8. The molecule has 0 aliphatic rings. The third-order valence-electron chi connectivity index (χ3n) is 2.51. The maximum atomic E-state index is 10.8. The summed E-state index contributed by atoms with van der Waals surface area (Å²) in [5.74, 6) is 0.527. The zero-order valence-electron chi connectivity index (χ0n) is 11.5. The highest BCUT2D eigenvalue weighted by Crippen LogP contribution is 2.21. The molecule has 0 amide bonds. The number of carbonyl (C=O) groups excluding carboxylic acids is 1. The molecular weight excluding hydrogens is 328 g/mol. The van der Waals surface area contributed by atoms with Crippen molar-refractivity contribution in [1.82, 2.24) is 0 Å². The summed E-state index contributed by atoms with van der Waals surface area (Å²) >= 11 is 3.26. The molecule has 0 radical (unpaired) electrons. The van der Waals surface area contributed by atoms with Crippen molar-refractivity contribution in [3.05, 3.63) is 28.2 Å². The standard InChI is InChI=1S/C14H19BrO5/c1-10(7-18-2)19-8-12(17)9-20-13-3-4-14(15)11(5-13)6-16/h3-6,10,12,17H,7-9H2,1-2H3. The van der Waals surface area contributed by atoms with E-state index in [0.29, 0.717) is 22.4 Å². The molecule has 6 heteroatoms. The number of halogens is 1. The third-order valence-corrected chi connectivity index (χ3v) is 3.23. The highest BCUT2D eigenvalue weighted by molar-refractivity contribution is 9.10. The van der Waals surface area contributed by atoms with Crippen molar-refractivity contribution in [2.45, 2.75) is 19.1 Å². The van der Waals surface area contributed by atoms with Gasteiger partial charge in [0.2, 0.25) is 0 Å². The summed E-state index contributed by atoms with van der Waals surface area (Å²) < 4.78 is 16.4. The fourth-order valence-corrected chi connectivity index (χ4v) is 1.84. The number of aliphatic hydroxyl groups excluding tert-OH is 1. The zero-order valence-corrected chi connectivity index (χ0v) is 13.1. The molecule has 2 unspecified atom stereocenters. The second-order valence-corrected chi connectivity index (χ2v) is 5.22. The summed E-state index contributed by atoms with van der Waals surface area (Å²) in [6.45, 7) is 2.60. The fraction of sp³-hybridized carbons (Fsp3) is 0.500. The Morgan fingerprint density at radius 3 is 2.75 bits per heavy atom. The van der Waals surface area contributed by atoms with Crippen LogP contribution in [0.4, 0.5) is 0 Å². The van der Waals surface area contributed by atoms with Crippen molar-refractivity contribution in [2.75, 3.05) is 26.9 Å². The Morgan fingerprint density at radius 1 is 1.35 bits per heavy atom. The smallest absolute Gasteiger partial charge is 0.151 e. The van der Waals surface area contributed by atoms with Gasteiger partial charge in [0.1, 0.15) is 18.5 Å². The first-order valence-corrected chi connectivity index (χ1v) is 7.02. The monoisotopic (exact) mass is 346 g/mol. The minimum atomic E-state index is -0.738. The van der Waals surface area contributed by atoms with Crippen LogP contribution < -0.4 is 4.74 Å². The van der Waals surface area contributed by atoms with Gasteiger partial charge in [0.25, 0.3) is 0 Å². The molecule has 0 spiro atoms. The third kappa shape index (κ3) is 6.00. The number of aldehydes is 1. The number of methoxy groups -OCH3 is 1. The first-order chi connectivity index (χ1) is 9.56. The summed E-state index contributed by atoms with van der Waals surface area (Å²) in [4.78, 5) is 10.8. The van der Waals surface area contributed by atoms with Crippen LogP contribution >= 0.6 is 15.9 Å². The number of aliphatic hydroxyl groups is 1. The van der Waals surface area contributed by atoms with Crippen LogP contribution in [0.2, 0.25) is 0 Å². The van der Waals surface area contributed by atoms with E-state index >= 15 is 0 Å². The van der Waals surface area contributed by atoms with Crippen molar-refractivity contribution < 1.29 is 24.1 Å². The molecule has 0 aliphatic carbocycles. The molecule has 0 saturated heterocycles. The maximum Gasteiger partial charge on any atom is 0.151 e. The predicted octanol–water partition coefficient (Wildman–Crippen LogP) is 2.05. The van der Waals surface area contributed by atoms with Gasteiger partial charge in [-0.25, -0.2) is 0 Å². The Hall–Kier alpha value is -0.950. The molecule has 0 bridgehead atoms. The quantitative estimate of drug-likeness (QED) is 0.693. The Kier molecular flexibility index (Phi) is 7.76. The van der Waals surface area contributed by atoms with Crippen LogP contribution in [0.5, 0.6) is 5.75 Å². The molecule has 1 aromatic rings. The minimum absolute atomic E-state index is 0.0796. The average molecular weight is 347 g/mol. The van der Waals surface area contributed by atoms with Gasteiger partial charge in [-0.15, -0.1) is 0 Å². The summed E-state index contributed by atoms with van der Waals surface area (Å²) in [7, 11) is 1.59. The van der Waals surface area contributed by atoms with E-state index in [0.717, 1.165) is 6.29 Å². The number of hydrogen-bond donors (Lipinski definition) is 1. The lowest BCUT2D eigenvalue weighted by molar-refractivity contribution is -0.0423. The topological polar surface area (TPSA) is 65.0 Å². The molecule has 0 aliphatic heterocycles. The first-order valence-electron chi connectivity index (χ1n) is 6.23. The Labute approximate surface area is 127 Å². The molecule has 5 nitrogen and oxygen atoms in total. The molecule has 0 fully saturated rings. The molecule has 1 N–H and O–H groups in total. The molecule has 0 heterocycles. The predicted molar refractivity (Wildman–Crippen MR) is 78.3 cm³/mol. The van der Waals surface area contributed by atoms with Crippen LogP contribution in [-0.2, 0) is 9.47 Å². The largest absolute Gasteiger partial charge is 0.491 e. The Bertz CT molecular complexity index is 424. The van der Waals surface area contributed by atoms with Crippen LogP contribution in [0.3, 0.4) is 0 Å². The van der Waals surface area contributed by atoms with E-state index in [9.17, 15) is 9.90 Å². The van der Waals surface area contributed by atoms with Crippen LogP contribution in [0.1, 0.15) is 17.3 Å². The van der Waals surface area contributed by atoms with E-state index in [4.69, 9.17) is 14.2 Å². The van der Waals surface area contributed by atoms with Crippen molar-refractivity contribution in [1.29, 1.82) is 0 Å². The zero-order chi connectivity index (χ0) is 15.0. The molecule has 1 rings (SSSR count). The summed E-state index contributed by atoms with van der Waals surface area (Å²) in [5, 5.41) is 9.74. The summed E-state index contributed by atoms with van der Waals surface area (Å²) in [5.41, 5.74) is 0.502. The van der Waals surface area contributed by atoms with Crippen molar-refractivity contribution in [3.63, 3.8) is 0 Å². The van der Waals surface area contributed by atoms with Crippen LogP contribution in [0.25, 0.3) is 0 Å². The normalized spacial score (nSPS) is 13.8. The van der Waals surface area contributed by atoms with Gasteiger partial charge in [0, 0.05) is 17.1 Å². The SMILES string of the molecule is COCC(C)OCC(O)COc1ccc(Br)c(C=O)c1. The van der Waals surface area contributed by atoms with Crippen molar-refractivity contribution in [2.24, 2.45) is 0 Å². The van der Waals surface area contributed by atoms with E-state index in [1.807, 2.05) is 6.92 Å². The van der Waals surface area contributed by atoms with E-state index in [1.165, 1.54) is 0 Å². The van der Waals surface area contributed by atoms with Crippen molar-refractivity contribution in [3.8, 4) is 5.75 Å². The second-order valence-electron chi connectivity index (χ2n) is 4.37. The van der Waals surface area contributed by atoms with Crippen molar-refractivity contribution >= 4 is 22.2 Å². The highest BCUT2D eigenvalue weighted by Gasteiger charge is 2.09. The molecule has 112 valence electrons. The van der Waals surface area contributed by atoms with Gasteiger partial charge in [-0.3, -0.25) is 4.79 Å². The lowest BCUT2D eigenvalue weighted by Gasteiger charge is -2.16. The van der Waals surface area contributed by atoms with Gasteiger partial charge in [-0.05, 0) is 25.1 Å². The summed E-state index contributed by atoms with van der Waals surface area (Å²) in [6, 6.07) is 5.05. The van der Waals surface area contributed by atoms with Gasteiger partial charge in [0.05, 0.1) is 19.3 Å². The molecular formula is C14H19BrO5. The number of benzene rings is 1. The number of hydrogen-bond acceptors (Lipinski definition) is 5. The van der Waals surface area contributed by atoms with Gasteiger partial charge in [-0.2, -0.15) is 0 Å². The second kappa shape index (κ2) is 9.07. The molecule has 20 heavy (non-hydrogen) atoms. The van der Waals surface area contributed by atoms with E-state index in [2.05, 4.69) is 15.9 Å². The van der Waals surface area contributed by atoms with Crippen LogP contribution in [-0.4, -0.2) is 50.5 Å². The van der Waals surface area contributed by atoms with Crippen LogP contribution in [0.15, 0.2) is 22.7 Å². The fourth-order valence-electron chi connectivity index (χ4n) is 1.50. The molecule has 0 saturated carbocycles. The van der Waals surface area contributed by atoms with E-state index in [1.54, 1.807) is 25.3 Å². The lowest BCUT2D eigenvalue weighted by atomic mass is 10.2. The number of carbonyl (C=O) groups is 1. The average Bonchev–Trinajstić information content (AvgIpc) is 2.44. The number of rotatable bonds is 9. The summed E-state index contributed by atoms with van der Waals surface area (Å²) in [6.07, 6.45) is -0.0789.